The minimum absolute atomic E-state index is 0.00690. The van der Waals surface area contributed by atoms with Crippen LogP contribution in [0, 0.1) is 5.82 Å². The zero-order valence-corrected chi connectivity index (χ0v) is 23.1. The van der Waals surface area contributed by atoms with E-state index in [2.05, 4.69) is 33.9 Å². The number of anilines is 1. The molecule has 2 saturated heterocycles. The fourth-order valence-corrected chi connectivity index (χ4v) is 5.80. The second-order valence-electron chi connectivity index (χ2n) is 11.1. The number of ether oxygens (including phenoxy) is 2. The number of carbonyl (C=O) groups is 1. The number of hydrogen-bond donors (Lipinski definition) is 2. The van der Waals surface area contributed by atoms with Gasteiger partial charge in [-0.2, -0.15) is 0 Å². The molecule has 212 valence electrons. The molecule has 5 rings (SSSR count). The van der Waals surface area contributed by atoms with E-state index in [1.54, 1.807) is 12.1 Å². The summed E-state index contributed by atoms with van der Waals surface area (Å²) in [6.45, 7) is 11.6. The number of aliphatic hydroxyl groups excluding tert-OH is 1. The first kappa shape index (κ1) is 27.9. The van der Waals surface area contributed by atoms with Crippen LogP contribution in [0.25, 0.3) is 0 Å². The molecule has 39 heavy (non-hydrogen) atoms. The summed E-state index contributed by atoms with van der Waals surface area (Å²) < 4.78 is 25.0. The summed E-state index contributed by atoms with van der Waals surface area (Å²) in [5.74, 6) is 0.0699. The molecule has 0 radical (unpaired) electrons. The van der Waals surface area contributed by atoms with Gasteiger partial charge in [0.15, 0.2) is 0 Å². The molecule has 3 aliphatic heterocycles. The van der Waals surface area contributed by atoms with E-state index in [0.29, 0.717) is 48.9 Å². The number of piperazine rings is 1. The van der Waals surface area contributed by atoms with Crippen molar-refractivity contribution in [1.82, 2.24) is 20.1 Å². The molecule has 3 aliphatic rings. The number of halogens is 1. The lowest BCUT2D eigenvalue weighted by molar-refractivity contribution is -0.121. The Bertz CT molecular complexity index is 1150. The molecule has 0 spiro atoms. The summed E-state index contributed by atoms with van der Waals surface area (Å²) in [5, 5.41) is 13.6. The number of aromatic nitrogens is 1. The van der Waals surface area contributed by atoms with Crippen LogP contribution in [-0.4, -0.2) is 103 Å². The van der Waals surface area contributed by atoms with Crippen molar-refractivity contribution < 1.29 is 23.8 Å². The highest BCUT2D eigenvalue weighted by Crippen LogP contribution is 2.35. The number of hydrogen-bond acceptors (Lipinski definition) is 8. The molecule has 0 unspecified atom stereocenters. The Morgan fingerprint density at radius 3 is 2.69 bits per heavy atom. The number of benzene rings is 1. The molecule has 0 bridgehead atoms. The maximum atomic E-state index is 14.0. The standard InChI is InChI=1S/C29H40FN5O4/c1-19-13-34(25(12-31-19)14-33-8-9-38-17-20(33)2)15-28(37)35-21(3)18-39-29-27(35)11-23(26(16-36)32-29)10-22-4-6-24(30)7-5-22/h4-7,11,19-21,25,31,36H,8-10,12-18H2,1-3H3/t19-,20-,21+,25-/m1/s1. The van der Waals surface area contributed by atoms with Gasteiger partial charge in [-0.3, -0.25) is 14.6 Å². The Hall–Kier alpha value is -2.63. The van der Waals surface area contributed by atoms with Gasteiger partial charge in [0.05, 0.1) is 38.1 Å². The van der Waals surface area contributed by atoms with Gasteiger partial charge in [-0.05, 0) is 56.5 Å². The molecule has 0 aliphatic carbocycles. The smallest absolute Gasteiger partial charge is 0.241 e. The summed E-state index contributed by atoms with van der Waals surface area (Å²) in [6, 6.07) is 8.88. The van der Waals surface area contributed by atoms with Crippen molar-refractivity contribution in [3.63, 3.8) is 0 Å². The van der Waals surface area contributed by atoms with Crippen LogP contribution in [0.5, 0.6) is 5.88 Å². The molecular weight excluding hydrogens is 501 g/mol. The van der Waals surface area contributed by atoms with E-state index in [0.717, 1.165) is 50.5 Å². The molecule has 4 heterocycles. The Morgan fingerprint density at radius 2 is 1.95 bits per heavy atom. The largest absolute Gasteiger partial charge is 0.474 e. The van der Waals surface area contributed by atoms with E-state index >= 15 is 0 Å². The van der Waals surface area contributed by atoms with Gasteiger partial charge in [0.2, 0.25) is 11.8 Å². The molecule has 1 aromatic carbocycles. The van der Waals surface area contributed by atoms with Gasteiger partial charge in [0.25, 0.3) is 0 Å². The molecular formula is C29H40FN5O4. The van der Waals surface area contributed by atoms with Crippen LogP contribution in [0.15, 0.2) is 30.3 Å². The van der Waals surface area contributed by atoms with Crippen molar-refractivity contribution >= 4 is 11.6 Å². The highest BCUT2D eigenvalue weighted by molar-refractivity contribution is 5.97. The zero-order valence-electron chi connectivity index (χ0n) is 23.1. The Morgan fingerprint density at radius 1 is 1.15 bits per heavy atom. The molecule has 2 fully saturated rings. The molecule has 9 nitrogen and oxygen atoms in total. The van der Waals surface area contributed by atoms with Crippen LogP contribution < -0.4 is 15.0 Å². The van der Waals surface area contributed by atoms with Crippen molar-refractivity contribution in [2.45, 2.75) is 58.0 Å². The van der Waals surface area contributed by atoms with Crippen LogP contribution in [0.4, 0.5) is 10.1 Å². The van der Waals surface area contributed by atoms with Crippen molar-refractivity contribution in [2.75, 3.05) is 57.4 Å². The number of fused-ring (bicyclic) bond motifs is 1. The molecule has 1 amide bonds. The van der Waals surface area contributed by atoms with Gasteiger partial charge in [0, 0.05) is 44.3 Å². The maximum absolute atomic E-state index is 14.0. The van der Waals surface area contributed by atoms with Gasteiger partial charge in [-0.15, -0.1) is 0 Å². The lowest BCUT2D eigenvalue weighted by atomic mass is 10.0. The van der Waals surface area contributed by atoms with Gasteiger partial charge < -0.3 is 24.8 Å². The number of amides is 1. The predicted octanol–water partition coefficient (Wildman–Crippen LogP) is 1.80. The quantitative estimate of drug-likeness (QED) is 0.549. The third-order valence-corrected chi connectivity index (χ3v) is 8.04. The van der Waals surface area contributed by atoms with E-state index in [1.165, 1.54) is 12.1 Å². The van der Waals surface area contributed by atoms with E-state index in [9.17, 15) is 14.3 Å². The monoisotopic (exact) mass is 541 g/mol. The Balaban J connectivity index is 1.37. The van der Waals surface area contributed by atoms with Gasteiger partial charge in [-0.25, -0.2) is 9.37 Å². The van der Waals surface area contributed by atoms with E-state index in [4.69, 9.17) is 9.47 Å². The number of carbonyl (C=O) groups excluding carboxylic acids is 1. The normalized spacial score (nSPS) is 26.2. The minimum Gasteiger partial charge on any atom is -0.474 e. The fourth-order valence-electron chi connectivity index (χ4n) is 5.80. The van der Waals surface area contributed by atoms with Crippen molar-refractivity contribution in [3.05, 3.63) is 53.0 Å². The number of morpholine rings is 1. The van der Waals surface area contributed by atoms with E-state index in [1.807, 2.05) is 17.9 Å². The minimum atomic E-state index is -0.299. The summed E-state index contributed by atoms with van der Waals surface area (Å²) in [6.07, 6.45) is 0.460. The number of aliphatic hydroxyl groups is 1. The summed E-state index contributed by atoms with van der Waals surface area (Å²) in [4.78, 5) is 25.1. The third kappa shape index (κ3) is 6.41. The Kier molecular flexibility index (Phi) is 8.78. The van der Waals surface area contributed by atoms with Gasteiger partial charge in [-0.1, -0.05) is 12.1 Å². The van der Waals surface area contributed by atoms with E-state index in [-0.39, 0.29) is 30.4 Å². The number of nitrogens with zero attached hydrogens (tertiary/aromatic N) is 4. The maximum Gasteiger partial charge on any atom is 0.241 e. The van der Waals surface area contributed by atoms with Crippen LogP contribution in [0.2, 0.25) is 0 Å². The van der Waals surface area contributed by atoms with E-state index < -0.39 is 0 Å². The molecule has 2 aromatic rings. The first-order valence-corrected chi connectivity index (χ1v) is 13.9. The zero-order chi connectivity index (χ0) is 27.5. The van der Waals surface area contributed by atoms with Crippen molar-refractivity contribution in [3.8, 4) is 5.88 Å². The molecule has 0 saturated carbocycles. The van der Waals surface area contributed by atoms with Crippen LogP contribution in [0.1, 0.15) is 37.6 Å². The fraction of sp³-hybridized carbons (Fsp3) is 0.586. The van der Waals surface area contributed by atoms with Crippen LogP contribution >= 0.6 is 0 Å². The highest BCUT2D eigenvalue weighted by atomic mass is 19.1. The Labute approximate surface area is 229 Å². The predicted molar refractivity (Wildman–Crippen MR) is 146 cm³/mol. The number of pyridine rings is 1. The third-order valence-electron chi connectivity index (χ3n) is 8.04. The van der Waals surface area contributed by atoms with Crippen LogP contribution in [-0.2, 0) is 22.6 Å². The average Bonchev–Trinajstić information content (AvgIpc) is 2.92. The summed E-state index contributed by atoms with van der Waals surface area (Å²) in [5.41, 5.74) is 2.80. The lowest BCUT2D eigenvalue weighted by Gasteiger charge is -2.44. The van der Waals surface area contributed by atoms with Crippen molar-refractivity contribution in [2.24, 2.45) is 0 Å². The average molecular weight is 542 g/mol. The van der Waals surface area contributed by atoms with Crippen LogP contribution in [0.3, 0.4) is 0 Å². The van der Waals surface area contributed by atoms with Gasteiger partial charge >= 0.3 is 0 Å². The first-order valence-electron chi connectivity index (χ1n) is 13.9. The molecule has 10 heteroatoms. The second kappa shape index (κ2) is 12.3. The SMILES string of the molecule is C[C@@H]1CN(CC(=O)N2c3cc(Cc4ccc(F)cc4)c(CO)nc3OC[C@@H]2C)[C@@H](CN2CCOC[C@H]2C)CN1. The topological polar surface area (TPSA) is 90.4 Å². The number of nitrogens with one attached hydrogen (secondary N) is 1. The lowest BCUT2D eigenvalue weighted by Crippen LogP contribution is -2.62. The van der Waals surface area contributed by atoms with Crippen molar-refractivity contribution in [1.29, 1.82) is 0 Å². The summed E-state index contributed by atoms with van der Waals surface area (Å²) in [7, 11) is 0. The summed E-state index contributed by atoms with van der Waals surface area (Å²) >= 11 is 0. The first-order chi connectivity index (χ1) is 18.8. The number of rotatable bonds is 7. The second-order valence-corrected chi connectivity index (χ2v) is 11.1. The highest BCUT2D eigenvalue weighted by Gasteiger charge is 2.36. The molecule has 1 aromatic heterocycles. The molecule has 2 N–H and O–H groups in total. The molecule has 4 atom stereocenters. The van der Waals surface area contributed by atoms with Gasteiger partial charge in [0.1, 0.15) is 18.1 Å².